The van der Waals surface area contributed by atoms with Crippen LogP contribution in [0.2, 0.25) is 0 Å². The van der Waals surface area contributed by atoms with E-state index in [1.165, 1.54) is 86.5 Å². The Balaban J connectivity index is 1.25. The minimum Gasteiger partial charge on any atom is -0.299 e. The van der Waals surface area contributed by atoms with E-state index < -0.39 is 0 Å². The highest BCUT2D eigenvalue weighted by Gasteiger charge is 2.27. The van der Waals surface area contributed by atoms with Crippen LogP contribution in [0.1, 0.15) is 64.9 Å². The number of likely N-dealkylation sites (tertiary alicyclic amines) is 2. The van der Waals surface area contributed by atoms with Gasteiger partial charge in [-0.15, -0.1) is 11.3 Å². The summed E-state index contributed by atoms with van der Waals surface area (Å²) >= 11 is 1.96. The van der Waals surface area contributed by atoms with Crippen LogP contribution in [0.25, 0.3) is 0 Å². The number of H-pyrrole nitrogens is 1. The first-order valence-electron chi connectivity index (χ1n) is 10.3. The third-order valence-corrected chi connectivity index (χ3v) is 7.40. The van der Waals surface area contributed by atoms with Crippen molar-refractivity contribution >= 4 is 11.3 Å². The Morgan fingerprint density at radius 3 is 2.81 bits per heavy atom. The smallest absolute Gasteiger partial charge is 0.107 e. The molecule has 0 aromatic carbocycles. The molecular weight excluding hydrogens is 342 g/mol. The van der Waals surface area contributed by atoms with Crippen molar-refractivity contribution in [3.63, 3.8) is 0 Å². The number of aromatic amines is 1. The van der Waals surface area contributed by atoms with Crippen LogP contribution in [-0.4, -0.2) is 51.2 Å². The van der Waals surface area contributed by atoms with Crippen molar-refractivity contribution in [2.24, 2.45) is 0 Å². The zero-order valence-corrected chi connectivity index (χ0v) is 16.4. The summed E-state index contributed by atoms with van der Waals surface area (Å²) in [6.07, 6.45) is 11.1. The van der Waals surface area contributed by atoms with Crippen LogP contribution in [0.15, 0.2) is 6.20 Å². The van der Waals surface area contributed by atoms with Crippen LogP contribution in [-0.2, 0) is 25.9 Å². The van der Waals surface area contributed by atoms with Gasteiger partial charge in [0.1, 0.15) is 5.01 Å². The molecular formula is C20H29N5S. The molecule has 0 saturated carbocycles. The fourth-order valence-corrected chi connectivity index (χ4v) is 6.12. The summed E-state index contributed by atoms with van der Waals surface area (Å²) in [6, 6.07) is 0. The second-order valence-electron chi connectivity index (χ2n) is 8.20. The molecule has 2 aliphatic heterocycles. The zero-order valence-electron chi connectivity index (χ0n) is 15.5. The molecule has 2 aromatic rings. The third-order valence-electron chi connectivity index (χ3n) is 6.26. The van der Waals surface area contributed by atoms with Gasteiger partial charge in [-0.25, -0.2) is 4.98 Å². The van der Waals surface area contributed by atoms with Crippen molar-refractivity contribution < 1.29 is 0 Å². The number of hydrogen-bond donors (Lipinski definition) is 1. The highest BCUT2D eigenvalue weighted by molar-refractivity contribution is 7.11. The first-order valence-corrected chi connectivity index (χ1v) is 11.1. The first kappa shape index (κ1) is 16.9. The monoisotopic (exact) mass is 371 g/mol. The number of nitrogens with one attached hydrogen (secondary N) is 1. The summed E-state index contributed by atoms with van der Waals surface area (Å²) in [4.78, 5) is 11.6. The lowest BCUT2D eigenvalue weighted by atomic mass is 9.92. The average Bonchev–Trinajstić information content (AvgIpc) is 3.40. The van der Waals surface area contributed by atoms with Crippen molar-refractivity contribution in [1.29, 1.82) is 0 Å². The van der Waals surface area contributed by atoms with Crippen LogP contribution in [0.3, 0.4) is 0 Å². The van der Waals surface area contributed by atoms with Gasteiger partial charge >= 0.3 is 0 Å². The first-order chi connectivity index (χ1) is 12.8. The number of nitrogens with zero attached hydrogens (tertiary/aromatic N) is 4. The molecule has 0 amide bonds. The fourth-order valence-electron chi connectivity index (χ4n) is 4.92. The maximum absolute atomic E-state index is 4.91. The number of fused-ring (bicyclic) bond motifs is 1. The number of hydrogen-bond acceptors (Lipinski definition) is 5. The van der Waals surface area contributed by atoms with Crippen LogP contribution in [0.4, 0.5) is 0 Å². The predicted molar refractivity (Wildman–Crippen MR) is 104 cm³/mol. The van der Waals surface area contributed by atoms with Crippen molar-refractivity contribution in [2.45, 2.75) is 64.0 Å². The molecule has 5 nitrogen and oxygen atoms in total. The van der Waals surface area contributed by atoms with Crippen molar-refractivity contribution in [3.8, 4) is 0 Å². The maximum atomic E-state index is 4.91. The van der Waals surface area contributed by atoms with Crippen molar-refractivity contribution in [2.75, 3.05) is 26.2 Å². The fraction of sp³-hybridized carbons (Fsp3) is 0.700. The van der Waals surface area contributed by atoms with Crippen LogP contribution in [0.5, 0.6) is 0 Å². The summed E-state index contributed by atoms with van der Waals surface area (Å²) in [7, 11) is 0. The Labute approximate surface area is 159 Å². The highest BCUT2D eigenvalue weighted by atomic mass is 32.1. The summed E-state index contributed by atoms with van der Waals surface area (Å²) in [5.74, 6) is 0.593. The van der Waals surface area contributed by atoms with Gasteiger partial charge in [-0.3, -0.25) is 14.9 Å². The topological polar surface area (TPSA) is 48.1 Å². The minimum atomic E-state index is 0.593. The van der Waals surface area contributed by atoms with E-state index in [2.05, 4.69) is 26.2 Å². The number of rotatable bonds is 5. The van der Waals surface area contributed by atoms with Gasteiger partial charge in [0.25, 0.3) is 0 Å². The summed E-state index contributed by atoms with van der Waals surface area (Å²) in [5, 5.41) is 9.08. The van der Waals surface area contributed by atoms with Gasteiger partial charge in [-0.2, -0.15) is 5.10 Å². The standard InChI is InChI=1S/C20H29N5S/c1-2-9-24(8-1)13-16-11-21-23-20(16)15-5-4-10-25(12-15)14-19-22-17-6-3-7-18(17)26-19/h11,15H,1-10,12-14H2,(H,21,23). The van der Waals surface area contributed by atoms with Gasteiger partial charge in [0.15, 0.2) is 0 Å². The van der Waals surface area contributed by atoms with E-state index in [9.17, 15) is 0 Å². The van der Waals surface area contributed by atoms with Gasteiger partial charge in [-0.1, -0.05) is 0 Å². The second kappa shape index (κ2) is 7.41. The molecule has 1 unspecified atom stereocenters. The third kappa shape index (κ3) is 3.47. The molecule has 3 aliphatic rings. The van der Waals surface area contributed by atoms with E-state index in [4.69, 9.17) is 4.98 Å². The molecule has 2 aromatic heterocycles. The molecule has 0 radical (unpaired) electrons. The van der Waals surface area contributed by atoms with Crippen LogP contribution < -0.4 is 0 Å². The van der Waals surface area contributed by atoms with Crippen LogP contribution >= 0.6 is 11.3 Å². The number of piperidine rings is 1. The average molecular weight is 372 g/mol. The van der Waals surface area contributed by atoms with Crippen LogP contribution in [0, 0.1) is 0 Å². The molecule has 0 spiro atoms. The van der Waals surface area contributed by atoms with Gasteiger partial charge in [0.05, 0.1) is 18.4 Å². The lowest BCUT2D eigenvalue weighted by Crippen LogP contribution is -2.34. The number of aromatic nitrogens is 3. The second-order valence-corrected chi connectivity index (χ2v) is 9.37. The van der Waals surface area contributed by atoms with Crippen molar-refractivity contribution in [3.05, 3.63) is 33.0 Å². The molecule has 1 N–H and O–H groups in total. The lowest BCUT2D eigenvalue weighted by molar-refractivity contribution is 0.197. The molecule has 1 atom stereocenters. The van der Waals surface area contributed by atoms with Gasteiger partial charge < -0.3 is 0 Å². The van der Waals surface area contributed by atoms with E-state index in [1.54, 1.807) is 4.88 Å². The van der Waals surface area contributed by atoms with Gasteiger partial charge in [-0.05, 0) is 64.6 Å². The largest absolute Gasteiger partial charge is 0.299 e. The van der Waals surface area contributed by atoms with Gasteiger partial charge in [0.2, 0.25) is 0 Å². The Morgan fingerprint density at radius 2 is 1.92 bits per heavy atom. The lowest BCUT2D eigenvalue weighted by Gasteiger charge is -2.32. The van der Waals surface area contributed by atoms with E-state index in [0.717, 1.165) is 19.6 Å². The highest BCUT2D eigenvalue weighted by Crippen LogP contribution is 2.32. The number of aryl methyl sites for hydroxylation is 2. The zero-order chi connectivity index (χ0) is 17.3. The van der Waals surface area contributed by atoms with Crippen molar-refractivity contribution in [1.82, 2.24) is 25.0 Å². The van der Waals surface area contributed by atoms with E-state index in [1.807, 2.05) is 11.3 Å². The molecule has 1 aliphatic carbocycles. The summed E-state index contributed by atoms with van der Waals surface area (Å²) < 4.78 is 0. The van der Waals surface area contributed by atoms with E-state index >= 15 is 0 Å². The quantitative estimate of drug-likeness (QED) is 0.876. The summed E-state index contributed by atoms with van der Waals surface area (Å²) in [6.45, 7) is 6.94. The SMILES string of the molecule is c1n[nH]c(C2CCCN(Cc3nc4c(s3)CCC4)C2)c1CN1CCCC1. The van der Waals surface area contributed by atoms with E-state index in [0.29, 0.717) is 5.92 Å². The molecule has 6 heteroatoms. The maximum Gasteiger partial charge on any atom is 0.107 e. The summed E-state index contributed by atoms with van der Waals surface area (Å²) in [5.41, 5.74) is 4.20. The Kier molecular flexibility index (Phi) is 4.82. The Bertz CT molecular complexity index is 724. The molecule has 140 valence electrons. The number of thiazole rings is 1. The molecule has 2 fully saturated rings. The predicted octanol–water partition coefficient (Wildman–Crippen LogP) is 3.33. The molecule has 2 saturated heterocycles. The molecule has 4 heterocycles. The normalized spacial score (nSPS) is 24.4. The molecule has 26 heavy (non-hydrogen) atoms. The Hall–Kier alpha value is -1.24. The molecule has 0 bridgehead atoms. The van der Waals surface area contributed by atoms with Gasteiger partial charge in [0, 0.05) is 35.1 Å². The molecule has 5 rings (SSSR count). The van der Waals surface area contributed by atoms with E-state index in [-0.39, 0.29) is 0 Å². The Morgan fingerprint density at radius 1 is 1.04 bits per heavy atom. The minimum absolute atomic E-state index is 0.593.